The maximum Gasteiger partial charge on any atom is 0.143 e. The molecule has 0 unspecified atom stereocenters. The second-order valence-electron chi connectivity index (χ2n) is 10.2. The summed E-state index contributed by atoms with van der Waals surface area (Å²) in [5.41, 5.74) is 5.17. The van der Waals surface area contributed by atoms with E-state index in [0.29, 0.717) is 0 Å². The molecule has 1 aliphatic heterocycles. The molecular formula is C30H23NO2. The van der Waals surface area contributed by atoms with E-state index in [4.69, 9.17) is 14.1 Å². The molecule has 1 aliphatic rings. The van der Waals surface area contributed by atoms with Gasteiger partial charge in [0, 0.05) is 33.5 Å². The standard InChI is InChI=1S/C30H23NO2/c1-30(2,3)16-23-18-9-5-4-8-17(18)14-22-27-26-20(12-13-31-27)28-21(15-25(26)33-29(22)23)19-10-6-7-11-24(19)32-28/h4-15H,16H2,1-3H3. The van der Waals surface area contributed by atoms with Crippen molar-refractivity contribution < 1.29 is 9.15 Å². The fraction of sp³-hybridized carbons (Fsp3) is 0.167. The molecule has 3 heterocycles. The second kappa shape index (κ2) is 6.35. The van der Waals surface area contributed by atoms with Gasteiger partial charge in [0.2, 0.25) is 0 Å². The normalized spacial score (nSPS) is 13.1. The molecule has 0 bridgehead atoms. The molecular weight excluding hydrogens is 406 g/mol. The maximum atomic E-state index is 6.78. The number of rotatable bonds is 1. The molecule has 0 N–H and O–H groups in total. The van der Waals surface area contributed by atoms with Gasteiger partial charge in [0.1, 0.15) is 22.7 Å². The van der Waals surface area contributed by atoms with Crippen molar-refractivity contribution in [2.75, 3.05) is 0 Å². The predicted molar refractivity (Wildman–Crippen MR) is 135 cm³/mol. The first-order valence-electron chi connectivity index (χ1n) is 11.4. The summed E-state index contributed by atoms with van der Waals surface area (Å²) in [5, 5.41) is 6.70. The lowest BCUT2D eigenvalue weighted by molar-refractivity contribution is 0.400. The SMILES string of the molecule is CC(C)(C)Cc1c2c(cc3ccccc13)-c1nccc3c1c(cc1c4ccccc4oc31)O2. The van der Waals surface area contributed by atoms with Gasteiger partial charge in [0.15, 0.2) is 0 Å². The van der Waals surface area contributed by atoms with E-state index in [-0.39, 0.29) is 5.41 Å². The quantitative estimate of drug-likeness (QED) is 0.262. The summed E-state index contributed by atoms with van der Waals surface area (Å²) >= 11 is 0. The summed E-state index contributed by atoms with van der Waals surface area (Å²) in [6, 6.07) is 23.2. The third kappa shape index (κ3) is 2.65. The monoisotopic (exact) mass is 429 g/mol. The average molecular weight is 430 g/mol. The van der Waals surface area contributed by atoms with Crippen LogP contribution in [0, 0.1) is 5.41 Å². The number of nitrogens with zero attached hydrogens (tertiary/aromatic N) is 1. The largest absolute Gasteiger partial charge is 0.456 e. The van der Waals surface area contributed by atoms with Crippen molar-refractivity contribution in [3.8, 4) is 22.8 Å². The third-order valence-electron chi connectivity index (χ3n) is 6.63. The Morgan fingerprint density at radius 1 is 0.818 bits per heavy atom. The highest BCUT2D eigenvalue weighted by Gasteiger charge is 2.29. The zero-order chi connectivity index (χ0) is 22.3. The lowest BCUT2D eigenvalue weighted by Crippen LogP contribution is -2.12. The number of hydrogen-bond donors (Lipinski definition) is 0. The van der Waals surface area contributed by atoms with Gasteiger partial charge < -0.3 is 9.15 Å². The van der Waals surface area contributed by atoms with E-state index >= 15 is 0 Å². The van der Waals surface area contributed by atoms with Crippen LogP contribution in [0.15, 0.2) is 77.3 Å². The van der Waals surface area contributed by atoms with Crippen LogP contribution in [0.3, 0.4) is 0 Å². The van der Waals surface area contributed by atoms with Crippen LogP contribution in [-0.2, 0) is 6.42 Å². The van der Waals surface area contributed by atoms with E-state index in [9.17, 15) is 0 Å². The Hall–Kier alpha value is -3.85. The number of hydrogen-bond acceptors (Lipinski definition) is 3. The molecule has 160 valence electrons. The van der Waals surface area contributed by atoms with Crippen molar-refractivity contribution in [3.63, 3.8) is 0 Å². The minimum absolute atomic E-state index is 0.117. The van der Waals surface area contributed by atoms with E-state index in [1.54, 1.807) is 0 Å². The van der Waals surface area contributed by atoms with Gasteiger partial charge in [0.05, 0.1) is 11.1 Å². The molecule has 3 heteroatoms. The summed E-state index contributed by atoms with van der Waals surface area (Å²) in [7, 11) is 0. The summed E-state index contributed by atoms with van der Waals surface area (Å²) in [6.07, 6.45) is 2.81. The first-order valence-corrected chi connectivity index (χ1v) is 11.4. The van der Waals surface area contributed by atoms with Gasteiger partial charge >= 0.3 is 0 Å². The van der Waals surface area contributed by atoms with Crippen LogP contribution >= 0.6 is 0 Å². The lowest BCUT2D eigenvalue weighted by Gasteiger charge is -2.27. The Balaban J connectivity index is 1.62. The fourth-order valence-electron chi connectivity index (χ4n) is 5.31. The van der Waals surface area contributed by atoms with Crippen molar-refractivity contribution in [1.82, 2.24) is 4.98 Å². The third-order valence-corrected chi connectivity index (χ3v) is 6.63. The van der Waals surface area contributed by atoms with E-state index in [2.05, 4.69) is 69.3 Å². The zero-order valence-electron chi connectivity index (χ0n) is 18.9. The van der Waals surface area contributed by atoms with E-state index in [1.807, 2.05) is 24.4 Å². The topological polar surface area (TPSA) is 35.3 Å². The maximum absolute atomic E-state index is 6.78. The Bertz CT molecular complexity index is 1750. The molecule has 33 heavy (non-hydrogen) atoms. The van der Waals surface area contributed by atoms with Crippen molar-refractivity contribution in [2.45, 2.75) is 27.2 Å². The number of ether oxygens (including phenoxy) is 1. The lowest BCUT2D eigenvalue weighted by atomic mass is 9.83. The van der Waals surface area contributed by atoms with Crippen LogP contribution in [-0.4, -0.2) is 4.98 Å². The van der Waals surface area contributed by atoms with Crippen LogP contribution in [0.4, 0.5) is 0 Å². The van der Waals surface area contributed by atoms with Gasteiger partial charge in [-0.25, -0.2) is 0 Å². The molecule has 3 nitrogen and oxygen atoms in total. The molecule has 0 radical (unpaired) electrons. The molecule has 0 aliphatic carbocycles. The number of aromatic nitrogens is 1. The van der Waals surface area contributed by atoms with E-state index < -0.39 is 0 Å². The van der Waals surface area contributed by atoms with Crippen LogP contribution < -0.4 is 4.74 Å². The Labute approximate surface area is 191 Å². The average Bonchev–Trinajstić information content (AvgIpc) is 3.18. The highest BCUT2D eigenvalue weighted by molar-refractivity contribution is 6.20. The molecule has 4 aromatic carbocycles. The van der Waals surface area contributed by atoms with Crippen LogP contribution in [0.5, 0.6) is 11.5 Å². The van der Waals surface area contributed by atoms with Gasteiger partial charge in [0.25, 0.3) is 0 Å². The molecule has 0 saturated heterocycles. The summed E-state index contributed by atoms with van der Waals surface area (Å²) < 4.78 is 13.1. The molecule has 0 fully saturated rings. The molecule has 0 atom stereocenters. The first-order chi connectivity index (χ1) is 16.0. The zero-order valence-corrected chi connectivity index (χ0v) is 18.9. The first kappa shape index (κ1) is 18.7. The van der Waals surface area contributed by atoms with Gasteiger partial charge in [-0.3, -0.25) is 4.98 Å². The molecule has 2 aromatic heterocycles. The van der Waals surface area contributed by atoms with Crippen LogP contribution in [0.25, 0.3) is 54.7 Å². The van der Waals surface area contributed by atoms with Crippen molar-refractivity contribution in [3.05, 3.63) is 78.5 Å². The highest BCUT2D eigenvalue weighted by Crippen LogP contribution is 2.52. The summed E-state index contributed by atoms with van der Waals surface area (Å²) in [5.74, 6) is 1.79. The Morgan fingerprint density at radius 2 is 1.61 bits per heavy atom. The molecule has 7 rings (SSSR count). The summed E-state index contributed by atoms with van der Waals surface area (Å²) in [4.78, 5) is 4.86. The van der Waals surface area contributed by atoms with Gasteiger partial charge in [-0.05, 0) is 46.9 Å². The number of fused-ring (bicyclic) bond motifs is 7. The molecule has 6 aromatic rings. The molecule has 0 amide bonds. The van der Waals surface area contributed by atoms with Gasteiger partial charge in [-0.2, -0.15) is 0 Å². The second-order valence-corrected chi connectivity index (χ2v) is 10.2. The minimum Gasteiger partial charge on any atom is -0.456 e. The minimum atomic E-state index is 0.117. The molecule has 0 spiro atoms. The van der Waals surface area contributed by atoms with Crippen molar-refractivity contribution in [2.24, 2.45) is 5.41 Å². The van der Waals surface area contributed by atoms with E-state index in [0.717, 1.165) is 61.9 Å². The van der Waals surface area contributed by atoms with Gasteiger partial charge in [-0.1, -0.05) is 63.2 Å². The van der Waals surface area contributed by atoms with Gasteiger partial charge in [-0.15, -0.1) is 0 Å². The van der Waals surface area contributed by atoms with Crippen molar-refractivity contribution in [1.29, 1.82) is 0 Å². The number of benzene rings is 4. The van der Waals surface area contributed by atoms with Crippen molar-refractivity contribution >= 4 is 43.5 Å². The number of pyridine rings is 1. The smallest absolute Gasteiger partial charge is 0.143 e. The van der Waals surface area contributed by atoms with Crippen LogP contribution in [0.1, 0.15) is 26.3 Å². The number of para-hydroxylation sites is 1. The summed E-state index contributed by atoms with van der Waals surface area (Å²) in [6.45, 7) is 6.83. The fourth-order valence-corrected chi connectivity index (χ4v) is 5.31. The Morgan fingerprint density at radius 3 is 2.45 bits per heavy atom. The molecule has 0 saturated carbocycles. The van der Waals surface area contributed by atoms with E-state index in [1.165, 1.54) is 16.3 Å². The number of furan rings is 1. The van der Waals surface area contributed by atoms with Crippen LogP contribution in [0.2, 0.25) is 0 Å². The Kier molecular flexibility index (Phi) is 3.60. The highest BCUT2D eigenvalue weighted by atomic mass is 16.5. The predicted octanol–water partition coefficient (Wildman–Crippen LogP) is 8.65.